The number of hydrogen-bond acceptors (Lipinski definition) is 5. The van der Waals surface area contributed by atoms with Gasteiger partial charge in [0.05, 0.1) is 21.3 Å². The van der Waals surface area contributed by atoms with E-state index in [4.69, 9.17) is 0 Å². The van der Waals surface area contributed by atoms with Crippen molar-refractivity contribution in [2.24, 2.45) is 0 Å². The van der Waals surface area contributed by atoms with E-state index in [0.29, 0.717) is 11.7 Å². The molecule has 6 nitrogen and oxygen atoms in total. The number of aryl methyl sites for hydroxylation is 1. The molecule has 0 unspecified atom stereocenters. The zero-order chi connectivity index (χ0) is 18.4. The summed E-state index contributed by atoms with van der Waals surface area (Å²) in [5, 5.41) is 3.14. The molecule has 0 amide bonds. The van der Waals surface area contributed by atoms with Crippen LogP contribution in [0.2, 0.25) is 0 Å². The van der Waals surface area contributed by atoms with Crippen LogP contribution in [0.4, 0.5) is 0 Å². The van der Waals surface area contributed by atoms with Gasteiger partial charge >= 0.3 is 0 Å². The maximum absolute atomic E-state index is 12.4. The summed E-state index contributed by atoms with van der Waals surface area (Å²) in [6.07, 6.45) is 0. The third kappa shape index (κ3) is 3.07. The Kier molecular flexibility index (Phi) is 3.87. The van der Waals surface area contributed by atoms with Crippen molar-refractivity contribution in [2.45, 2.75) is 17.0 Å². The van der Waals surface area contributed by atoms with E-state index in [9.17, 15) is 4.79 Å². The van der Waals surface area contributed by atoms with Crippen molar-refractivity contribution in [3.63, 3.8) is 0 Å². The number of nitrogens with one attached hydrogen (secondary N) is 2. The molecule has 2 N–H and O–H groups in total. The molecule has 5 aromatic rings. The first kappa shape index (κ1) is 16.3. The SMILES string of the molecule is Cc1ccc2sc(SCc3cc(=O)n(-c4nc5ccccc5[nH]4)[nH]3)nc2c1. The highest BCUT2D eigenvalue weighted by molar-refractivity contribution is 8.00. The summed E-state index contributed by atoms with van der Waals surface area (Å²) < 4.78 is 3.61. The van der Waals surface area contributed by atoms with Gasteiger partial charge in [0.2, 0.25) is 5.95 Å². The molecule has 3 aromatic heterocycles. The molecule has 0 saturated heterocycles. The Morgan fingerprint density at radius 3 is 2.89 bits per heavy atom. The number of aromatic nitrogens is 5. The Morgan fingerprint density at radius 1 is 1.11 bits per heavy atom. The molecule has 0 spiro atoms. The number of aromatic amines is 2. The van der Waals surface area contributed by atoms with E-state index in [1.807, 2.05) is 24.3 Å². The molecule has 0 fully saturated rings. The van der Waals surface area contributed by atoms with Crippen LogP contribution in [0.1, 0.15) is 11.3 Å². The van der Waals surface area contributed by atoms with Crippen LogP contribution in [-0.4, -0.2) is 24.7 Å². The van der Waals surface area contributed by atoms with Gasteiger partial charge in [0.25, 0.3) is 5.56 Å². The van der Waals surface area contributed by atoms with Crippen LogP contribution in [0.25, 0.3) is 27.2 Å². The number of hydrogen-bond donors (Lipinski definition) is 2. The van der Waals surface area contributed by atoms with Crippen molar-refractivity contribution in [1.82, 2.24) is 24.7 Å². The summed E-state index contributed by atoms with van der Waals surface area (Å²) in [6, 6.07) is 15.6. The predicted molar refractivity (Wildman–Crippen MR) is 110 cm³/mol. The van der Waals surface area contributed by atoms with Gasteiger partial charge in [-0.2, -0.15) is 4.68 Å². The molecule has 0 aliphatic heterocycles. The third-order valence-electron chi connectivity index (χ3n) is 4.24. The Bertz CT molecular complexity index is 1290. The molecular formula is C19H15N5OS2. The number of thiazole rings is 1. The molecule has 0 saturated carbocycles. The van der Waals surface area contributed by atoms with Gasteiger partial charge in [-0.1, -0.05) is 30.0 Å². The molecule has 5 rings (SSSR count). The third-order valence-corrected chi connectivity index (χ3v) is 6.46. The quantitative estimate of drug-likeness (QED) is 0.447. The van der Waals surface area contributed by atoms with Crippen molar-refractivity contribution in [2.75, 3.05) is 0 Å². The van der Waals surface area contributed by atoms with Gasteiger partial charge < -0.3 is 4.98 Å². The molecule has 27 heavy (non-hydrogen) atoms. The number of benzene rings is 2. The van der Waals surface area contributed by atoms with Crippen LogP contribution in [0.5, 0.6) is 0 Å². The van der Waals surface area contributed by atoms with E-state index in [0.717, 1.165) is 26.6 Å². The monoisotopic (exact) mass is 393 g/mol. The minimum Gasteiger partial charge on any atom is -0.322 e. The van der Waals surface area contributed by atoms with Crippen molar-refractivity contribution in [3.05, 3.63) is 70.1 Å². The minimum absolute atomic E-state index is 0.135. The molecule has 3 heterocycles. The number of nitrogens with zero attached hydrogens (tertiary/aromatic N) is 3. The lowest BCUT2D eigenvalue weighted by Gasteiger charge is -1.97. The largest absolute Gasteiger partial charge is 0.322 e. The zero-order valence-corrected chi connectivity index (χ0v) is 16.0. The fraction of sp³-hybridized carbons (Fsp3) is 0.105. The Morgan fingerprint density at radius 2 is 2.00 bits per heavy atom. The fourth-order valence-corrected chi connectivity index (χ4v) is 4.89. The second-order valence-electron chi connectivity index (χ2n) is 6.27. The molecule has 8 heteroatoms. The lowest BCUT2D eigenvalue weighted by atomic mass is 10.2. The molecule has 0 bridgehead atoms. The van der Waals surface area contributed by atoms with Crippen LogP contribution in [0.3, 0.4) is 0 Å². The lowest BCUT2D eigenvalue weighted by molar-refractivity contribution is 0.789. The van der Waals surface area contributed by atoms with E-state index in [1.54, 1.807) is 29.2 Å². The fourth-order valence-electron chi connectivity index (χ4n) is 2.94. The normalized spacial score (nSPS) is 11.6. The second-order valence-corrected chi connectivity index (χ2v) is 8.53. The minimum atomic E-state index is -0.135. The van der Waals surface area contributed by atoms with E-state index in [-0.39, 0.29) is 5.56 Å². The number of imidazole rings is 1. The zero-order valence-electron chi connectivity index (χ0n) is 14.4. The Labute approximate surface area is 162 Å². The number of thioether (sulfide) groups is 1. The highest BCUT2D eigenvalue weighted by Crippen LogP contribution is 2.31. The number of fused-ring (bicyclic) bond motifs is 2. The first-order chi connectivity index (χ1) is 13.2. The summed E-state index contributed by atoms with van der Waals surface area (Å²) in [4.78, 5) is 24.7. The number of H-pyrrole nitrogens is 2. The summed E-state index contributed by atoms with van der Waals surface area (Å²) in [6.45, 7) is 2.07. The summed E-state index contributed by atoms with van der Waals surface area (Å²) >= 11 is 3.29. The van der Waals surface area contributed by atoms with Gasteiger partial charge in [0, 0.05) is 17.5 Å². The smallest absolute Gasteiger partial charge is 0.274 e. The van der Waals surface area contributed by atoms with E-state index >= 15 is 0 Å². The summed E-state index contributed by atoms with van der Waals surface area (Å²) in [5.41, 5.74) is 4.65. The van der Waals surface area contributed by atoms with Gasteiger partial charge in [-0.05, 0) is 36.8 Å². The average molecular weight is 393 g/mol. The number of rotatable bonds is 4. The molecular weight excluding hydrogens is 378 g/mol. The molecule has 0 atom stereocenters. The van der Waals surface area contributed by atoms with Crippen molar-refractivity contribution >= 4 is 44.3 Å². The first-order valence-electron chi connectivity index (χ1n) is 8.42. The maximum atomic E-state index is 12.4. The van der Waals surface area contributed by atoms with Crippen LogP contribution in [-0.2, 0) is 5.75 Å². The van der Waals surface area contributed by atoms with Crippen molar-refractivity contribution < 1.29 is 0 Å². The molecule has 0 aliphatic carbocycles. The van der Waals surface area contributed by atoms with Crippen LogP contribution < -0.4 is 5.56 Å². The summed E-state index contributed by atoms with van der Waals surface area (Å²) in [5.74, 6) is 1.13. The van der Waals surface area contributed by atoms with Crippen molar-refractivity contribution in [1.29, 1.82) is 0 Å². The van der Waals surface area contributed by atoms with Crippen LogP contribution >= 0.6 is 23.1 Å². The average Bonchev–Trinajstić information content (AvgIpc) is 3.34. The molecule has 0 aliphatic rings. The standard InChI is InChI=1S/C19H15N5OS2/c1-11-6-7-16-15(8-11)22-19(27-16)26-10-12-9-17(25)24(23-12)18-20-13-4-2-3-5-14(13)21-18/h2-9,23H,10H2,1H3,(H,20,21). The van der Waals surface area contributed by atoms with Gasteiger partial charge in [-0.25, -0.2) is 9.97 Å². The van der Waals surface area contributed by atoms with E-state index in [2.05, 4.69) is 45.2 Å². The maximum Gasteiger partial charge on any atom is 0.274 e. The summed E-state index contributed by atoms with van der Waals surface area (Å²) in [7, 11) is 0. The van der Waals surface area contributed by atoms with Crippen LogP contribution in [0, 0.1) is 6.92 Å². The van der Waals surface area contributed by atoms with Gasteiger partial charge in [0.1, 0.15) is 0 Å². The van der Waals surface area contributed by atoms with Gasteiger partial charge in [-0.15, -0.1) is 11.3 Å². The lowest BCUT2D eigenvalue weighted by Crippen LogP contribution is -2.14. The highest BCUT2D eigenvalue weighted by atomic mass is 32.2. The highest BCUT2D eigenvalue weighted by Gasteiger charge is 2.11. The van der Waals surface area contributed by atoms with Crippen molar-refractivity contribution in [3.8, 4) is 5.95 Å². The molecule has 134 valence electrons. The second kappa shape index (κ2) is 6.40. The number of para-hydroxylation sites is 2. The van der Waals surface area contributed by atoms with Gasteiger partial charge in [-0.3, -0.25) is 9.89 Å². The van der Waals surface area contributed by atoms with E-state index < -0.39 is 0 Å². The Hall–Kier alpha value is -2.84. The molecule has 0 radical (unpaired) electrons. The first-order valence-corrected chi connectivity index (χ1v) is 10.2. The Balaban J connectivity index is 1.39. The predicted octanol–water partition coefficient (Wildman–Crippen LogP) is 4.25. The van der Waals surface area contributed by atoms with Crippen LogP contribution in [0.15, 0.2) is 57.7 Å². The molecule has 2 aromatic carbocycles. The van der Waals surface area contributed by atoms with E-state index in [1.165, 1.54) is 14.9 Å². The topological polar surface area (TPSA) is 79.4 Å². The van der Waals surface area contributed by atoms with Gasteiger partial charge in [0.15, 0.2) is 4.34 Å².